The normalized spacial score (nSPS) is 14.7. The zero-order valence-electron chi connectivity index (χ0n) is 16.4. The van der Waals surface area contributed by atoms with Crippen molar-refractivity contribution in [2.24, 2.45) is 0 Å². The van der Waals surface area contributed by atoms with E-state index in [-0.39, 0.29) is 11.3 Å². The van der Waals surface area contributed by atoms with E-state index in [2.05, 4.69) is 9.71 Å². The second kappa shape index (κ2) is 9.07. The molecule has 0 unspecified atom stereocenters. The highest BCUT2D eigenvalue weighted by Crippen LogP contribution is 2.26. The Hall–Kier alpha value is -2.65. The SMILES string of the molecule is N#Cn1c(=O)c(N2CCSCC2)c2ncc(NS(=O)(=O)/C=C/c3c(Cl)cccc3Cl)cn21. The molecule has 0 bridgehead atoms. The molecule has 1 aromatic carbocycles. The summed E-state index contributed by atoms with van der Waals surface area (Å²) in [5, 5.41) is 11.0. The highest BCUT2D eigenvalue weighted by Gasteiger charge is 2.23. The van der Waals surface area contributed by atoms with Crippen LogP contribution in [0.15, 0.2) is 40.8 Å². The Morgan fingerprint density at radius 2 is 1.91 bits per heavy atom. The smallest absolute Gasteiger partial charge is 0.306 e. The summed E-state index contributed by atoms with van der Waals surface area (Å²) in [5.41, 5.74) is 0.550. The number of nitrogens with zero attached hydrogens (tertiary/aromatic N) is 5. The highest BCUT2D eigenvalue weighted by molar-refractivity contribution is 7.99. The standard InChI is InChI=1S/C19H16Cl2N6O3S2/c20-15-2-1-3-16(21)14(15)4-9-32(29,30)24-13-10-23-18-17(25-5-7-31-8-6-25)19(28)27(12-22)26(18)11-13/h1-4,9-11,24H,5-8H2/b9-4+. The van der Waals surface area contributed by atoms with Crippen molar-refractivity contribution in [2.75, 3.05) is 34.2 Å². The molecule has 3 heterocycles. The van der Waals surface area contributed by atoms with E-state index in [0.717, 1.165) is 21.6 Å². The predicted molar refractivity (Wildman–Crippen MR) is 128 cm³/mol. The van der Waals surface area contributed by atoms with Gasteiger partial charge in [0.15, 0.2) is 11.3 Å². The van der Waals surface area contributed by atoms with Crippen LogP contribution in [0, 0.1) is 11.5 Å². The van der Waals surface area contributed by atoms with Gasteiger partial charge in [-0.05, 0) is 18.2 Å². The van der Waals surface area contributed by atoms with E-state index in [1.54, 1.807) is 30.0 Å². The van der Waals surface area contributed by atoms with Gasteiger partial charge in [-0.1, -0.05) is 29.3 Å². The zero-order valence-corrected chi connectivity index (χ0v) is 19.5. The van der Waals surface area contributed by atoms with Gasteiger partial charge in [0.05, 0.1) is 23.5 Å². The third-order valence-electron chi connectivity index (χ3n) is 4.72. The number of hydrogen-bond acceptors (Lipinski definition) is 7. The fourth-order valence-electron chi connectivity index (χ4n) is 3.27. The van der Waals surface area contributed by atoms with Gasteiger partial charge >= 0.3 is 5.56 Å². The minimum atomic E-state index is -3.96. The van der Waals surface area contributed by atoms with Gasteiger partial charge in [0, 0.05) is 40.2 Å². The molecule has 1 saturated heterocycles. The summed E-state index contributed by atoms with van der Waals surface area (Å²) in [7, 11) is -3.96. The van der Waals surface area contributed by atoms with Crippen molar-refractivity contribution in [3.8, 4) is 6.19 Å². The number of nitriles is 1. The van der Waals surface area contributed by atoms with Crippen molar-refractivity contribution in [1.82, 2.24) is 14.2 Å². The number of thioether (sulfide) groups is 1. The monoisotopic (exact) mass is 510 g/mol. The summed E-state index contributed by atoms with van der Waals surface area (Å²) in [4.78, 5) is 19.0. The first kappa shape index (κ1) is 22.5. The molecular weight excluding hydrogens is 495 g/mol. The number of anilines is 2. The fraction of sp³-hybridized carbons (Fsp3) is 0.211. The molecule has 3 aromatic rings. The van der Waals surface area contributed by atoms with Crippen LogP contribution in [-0.4, -0.2) is 47.2 Å². The van der Waals surface area contributed by atoms with Crippen LogP contribution in [0.3, 0.4) is 0 Å². The number of halogens is 2. The van der Waals surface area contributed by atoms with E-state index >= 15 is 0 Å². The lowest BCUT2D eigenvalue weighted by Gasteiger charge is -2.26. The van der Waals surface area contributed by atoms with Crippen molar-refractivity contribution in [1.29, 1.82) is 5.26 Å². The number of aromatic nitrogens is 3. The third kappa shape index (κ3) is 4.45. The maximum absolute atomic E-state index is 12.8. The van der Waals surface area contributed by atoms with Crippen molar-refractivity contribution in [2.45, 2.75) is 0 Å². The lowest BCUT2D eigenvalue weighted by molar-refractivity contribution is 0.609. The van der Waals surface area contributed by atoms with Crippen molar-refractivity contribution in [3.05, 3.63) is 62.0 Å². The molecule has 13 heteroatoms. The topological polar surface area (TPSA) is 112 Å². The molecule has 0 saturated carbocycles. The van der Waals surface area contributed by atoms with Crippen molar-refractivity contribution >= 4 is 68.1 Å². The summed E-state index contributed by atoms with van der Waals surface area (Å²) in [5.74, 6) is 1.73. The Labute approximate surface area is 197 Å². The minimum absolute atomic E-state index is 0.0761. The molecule has 0 spiro atoms. The number of rotatable bonds is 5. The summed E-state index contributed by atoms with van der Waals surface area (Å²) in [6, 6.07) is 4.84. The average molecular weight is 511 g/mol. The molecule has 1 N–H and O–H groups in total. The Bertz CT molecular complexity index is 1400. The maximum Gasteiger partial charge on any atom is 0.306 e. The molecule has 1 fully saturated rings. The van der Waals surface area contributed by atoms with Gasteiger partial charge in [0.2, 0.25) is 6.19 Å². The van der Waals surface area contributed by atoms with Gasteiger partial charge in [-0.2, -0.15) is 17.0 Å². The first-order valence-corrected chi connectivity index (χ1v) is 12.8. The van der Waals surface area contributed by atoms with Crippen LogP contribution in [0.5, 0.6) is 0 Å². The summed E-state index contributed by atoms with van der Waals surface area (Å²) >= 11 is 13.9. The Kier molecular flexibility index (Phi) is 6.39. The van der Waals surface area contributed by atoms with E-state index in [1.807, 2.05) is 11.1 Å². The lowest BCUT2D eigenvalue weighted by atomic mass is 10.2. The molecule has 0 aliphatic carbocycles. The number of hydrogen-bond donors (Lipinski definition) is 1. The summed E-state index contributed by atoms with van der Waals surface area (Å²) in [6.45, 7) is 1.33. The highest BCUT2D eigenvalue weighted by atomic mass is 35.5. The van der Waals surface area contributed by atoms with E-state index in [1.165, 1.54) is 23.0 Å². The van der Waals surface area contributed by atoms with Gasteiger partial charge in [-0.3, -0.25) is 9.52 Å². The van der Waals surface area contributed by atoms with Gasteiger partial charge in [-0.15, -0.1) is 4.68 Å². The largest absolute Gasteiger partial charge is 0.362 e. The predicted octanol–water partition coefficient (Wildman–Crippen LogP) is 3.10. The van der Waals surface area contributed by atoms with Crippen molar-refractivity contribution in [3.63, 3.8) is 0 Å². The molecule has 4 rings (SSSR count). The van der Waals surface area contributed by atoms with Gasteiger partial charge in [0.1, 0.15) is 0 Å². The second-order valence-corrected chi connectivity index (χ2v) is 10.4. The Morgan fingerprint density at radius 3 is 2.56 bits per heavy atom. The molecular formula is C19H16Cl2N6O3S2. The molecule has 32 heavy (non-hydrogen) atoms. The second-order valence-electron chi connectivity index (χ2n) is 6.76. The van der Waals surface area contributed by atoms with Crippen LogP contribution in [0.4, 0.5) is 11.4 Å². The van der Waals surface area contributed by atoms with Gasteiger partial charge in [-0.25, -0.2) is 17.9 Å². The van der Waals surface area contributed by atoms with Crippen LogP contribution in [0.2, 0.25) is 10.0 Å². The molecule has 1 aliphatic rings. The van der Waals surface area contributed by atoms with Crippen LogP contribution >= 0.6 is 35.0 Å². The minimum Gasteiger partial charge on any atom is -0.362 e. The Morgan fingerprint density at radius 1 is 1.22 bits per heavy atom. The number of nitrogens with one attached hydrogen (secondary N) is 1. The van der Waals surface area contributed by atoms with Crippen LogP contribution in [-0.2, 0) is 10.0 Å². The van der Waals surface area contributed by atoms with Crippen LogP contribution < -0.4 is 15.2 Å². The summed E-state index contributed by atoms with van der Waals surface area (Å²) < 4.78 is 29.5. The number of sulfonamides is 1. The van der Waals surface area contributed by atoms with Crippen LogP contribution in [0.25, 0.3) is 11.7 Å². The summed E-state index contributed by atoms with van der Waals surface area (Å²) in [6.07, 6.45) is 5.74. The van der Waals surface area contributed by atoms with Crippen LogP contribution in [0.1, 0.15) is 5.56 Å². The maximum atomic E-state index is 12.8. The quantitative estimate of drug-likeness (QED) is 0.560. The fourth-order valence-corrected chi connectivity index (χ4v) is 5.51. The van der Waals surface area contributed by atoms with Gasteiger partial charge < -0.3 is 4.90 Å². The zero-order chi connectivity index (χ0) is 22.9. The van der Waals surface area contributed by atoms with Crippen molar-refractivity contribution < 1.29 is 8.42 Å². The third-order valence-corrected chi connectivity index (χ3v) is 7.34. The van der Waals surface area contributed by atoms with E-state index in [9.17, 15) is 18.5 Å². The first-order chi connectivity index (χ1) is 15.3. The van der Waals surface area contributed by atoms with E-state index < -0.39 is 15.6 Å². The number of fused-ring (bicyclic) bond motifs is 1. The molecule has 166 valence electrons. The average Bonchev–Trinajstić information content (AvgIpc) is 3.04. The molecule has 9 nitrogen and oxygen atoms in total. The van der Waals surface area contributed by atoms with E-state index in [0.29, 0.717) is 34.4 Å². The number of benzene rings is 1. The molecule has 2 aromatic heterocycles. The molecule has 0 amide bonds. The lowest BCUT2D eigenvalue weighted by Crippen LogP contribution is -2.35. The Balaban J connectivity index is 1.68. The van der Waals surface area contributed by atoms with E-state index in [4.69, 9.17) is 23.2 Å². The molecule has 0 atom stereocenters. The molecule has 0 radical (unpaired) electrons. The molecule has 1 aliphatic heterocycles. The first-order valence-electron chi connectivity index (χ1n) is 9.32. The van der Waals surface area contributed by atoms with Gasteiger partial charge in [0.25, 0.3) is 10.0 Å².